The summed E-state index contributed by atoms with van der Waals surface area (Å²) in [6, 6.07) is 18.5. The van der Waals surface area contributed by atoms with Gasteiger partial charge in [0.2, 0.25) is 0 Å². The van der Waals surface area contributed by atoms with Gasteiger partial charge in [0.05, 0.1) is 18.2 Å². The molecule has 0 spiro atoms. The molecular weight excluding hydrogens is 472 g/mol. The zero-order chi connectivity index (χ0) is 24.9. The van der Waals surface area contributed by atoms with E-state index in [0.717, 1.165) is 16.9 Å². The molecule has 0 heterocycles. The summed E-state index contributed by atoms with van der Waals surface area (Å²) in [6.45, 7) is 6.02. The Balaban J connectivity index is 1.87. The second-order valence-electron chi connectivity index (χ2n) is 8.55. The lowest BCUT2D eigenvalue weighted by atomic mass is 9.96. The highest BCUT2D eigenvalue weighted by molar-refractivity contribution is 7.92. The van der Waals surface area contributed by atoms with Crippen LogP contribution < -0.4 is 14.8 Å². The molecule has 0 aliphatic carbocycles. The smallest absolute Gasteiger partial charge is 0.263 e. The maximum atomic E-state index is 13.1. The van der Waals surface area contributed by atoms with Crippen LogP contribution in [0.5, 0.6) is 5.75 Å². The molecule has 0 bridgehead atoms. The lowest BCUT2D eigenvalue weighted by Crippen LogP contribution is -2.29. The van der Waals surface area contributed by atoms with Crippen molar-refractivity contribution < 1.29 is 17.9 Å². The van der Waals surface area contributed by atoms with Gasteiger partial charge in [0.1, 0.15) is 10.6 Å². The topological polar surface area (TPSA) is 84.5 Å². The number of methoxy groups -OCH3 is 1. The molecule has 0 aliphatic rings. The average molecular weight is 501 g/mol. The third kappa shape index (κ3) is 6.52. The van der Waals surface area contributed by atoms with E-state index in [2.05, 4.69) is 23.9 Å². The number of benzene rings is 3. The van der Waals surface area contributed by atoms with Gasteiger partial charge in [-0.25, -0.2) is 8.42 Å². The maximum Gasteiger partial charge on any atom is 0.263 e. The molecule has 1 amide bonds. The highest BCUT2D eigenvalue weighted by Gasteiger charge is 2.22. The van der Waals surface area contributed by atoms with Crippen molar-refractivity contribution >= 4 is 33.2 Å². The van der Waals surface area contributed by atoms with Crippen LogP contribution in [0.15, 0.2) is 71.6 Å². The minimum atomic E-state index is -4.00. The van der Waals surface area contributed by atoms with Gasteiger partial charge in [0, 0.05) is 11.3 Å². The minimum Gasteiger partial charge on any atom is -0.497 e. The fourth-order valence-corrected chi connectivity index (χ4v) is 5.17. The van der Waals surface area contributed by atoms with Crippen LogP contribution in [0, 0.1) is 12.8 Å². The van der Waals surface area contributed by atoms with E-state index in [1.807, 2.05) is 37.3 Å². The normalized spacial score (nSPS) is 12.3. The van der Waals surface area contributed by atoms with Crippen molar-refractivity contribution in [3.8, 4) is 5.75 Å². The van der Waals surface area contributed by atoms with Crippen LogP contribution in [-0.4, -0.2) is 21.4 Å². The number of amides is 1. The van der Waals surface area contributed by atoms with E-state index in [9.17, 15) is 13.2 Å². The number of carbonyl (C=O) groups excluding carboxylic acids is 1. The number of aryl methyl sites for hydroxylation is 1. The molecule has 0 fully saturated rings. The summed E-state index contributed by atoms with van der Waals surface area (Å²) < 4.78 is 33.8. The Hall–Kier alpha value is -3.03. The molecule has 34 heavy (non-hydrogen) atoms. The van der Waals surface area contributed by atoms with Crippen molar-refractivity contribution in [2.45, 2.75) is 38.1 Å². The summed E-state index contributed by atoms with van der Waals surface area (Å²) in [6.07, 6.45) is 0.714. The van der Waals surface area contributed by atoms with Crippen molar-refractivity contribution in [1.29, 1.82) is 0 Å². The number of sulfonamides is 1. The predicted molar refractivity (Wildman–Crippen MR) is 136 cm³/mol. The Bertz CT molecular complexity index is 1260. The van der Waals surface area contributed by atoms with Crippen LogP contribution >= 0.6 is 11.6 Å². The fourth-order valence-electron chi connectivity index (χ4n) is 3.60. The van der Waals surface area contributed by atoms with E-state index in [-0.39, 0.29) is 27.4 Å². The first-order valence-corrected chi connectivity index (χ1v) is 12.8. The van der Waals surface area contributed by atoms with Gasteiger partial charge in [-0.05, 0) is 72.9 Å². The fraction of sp³-hybridized carbons (Fsp3) is 0.269. The average Bonchev–Trinajstić information content (AvgIpc) is 2.78. The van der Waals surface area contributed by atoms with Crippen LogP contribution in [0.4, 0.5) is 5.69 Å². The SMILES string of the molecule is COc1ccc([C@H](CC(C)C)NC(=O)c2ccc(Cl)c(S(=O)(=O)Nc3cccc(C)c3)c2)cc1. The molecule has 1 atom stereocenters. The van der Waals surface area contributed by atoms with Crippen LogP contribution in [0.2, 0.25) is 5.02 Å². The van der Waals surface area contributed by atoms with Gasteiger partial charge in [0.25, 0.3) is 15.9 Å². The number of nitrogens with one attached hydrogen (secondary N) is 2. The second kappa shape index (κ2) is 10.9. The Kier molecular flexibility index (Phi) is 8.23. The van der Waals surface area contributed by atoms with Gasteiger partial charge in [-0.2, -0.15) is 0 Å². The predicted octanol–water partition coefficient (Wildman–Crippen LogP) is 5.98. The number of hydrogen-bond donors (Lipinski definition) is 2. The quantitative estimate of drug-likeness (QED) is 0.378. The Labute approximate surface area is 206 Å². The van der Waals surface area contributed by atoms with Gasteiger partial charge in [-0.15, -0.1) is 0 Å². The van der Waals surface area contributed by atoms with Crippen molar-refractivity contribution in [1.82, 2.24) is 5.32 Å². The number of anilines is 1. The molecule has 8 heteroatoms. The summed E-state index contributed by atoms with van der Waals surface area (Å²) in [5.41, 5.74) is 2.47. The van der Waals surface area contributed by atoms with E-state index < -0.39 is 10.0 Å². The van der Waals surface area contributed by atoms with Gasteiger partial charge in [-0.1, -0.05) is 49.7 Å². The number of rotatable bonds is 9. The molecule has 0 saturated carbocycles. The summed E-state index contributed by atoms with van der Waals surface area (Å²) >= 11 is 6.22. The first-order chi connectivity index (χ1) is 16.1. The molecule has 3 rings (SSSR count). The van der Waals surface area contributed by atoms with E-state index in [4.69, 9.17) is 16.3 Å². The molecule has 0 aromatic heterocycles. The zero-order valence-electron chi connectivity index (χ0n) is 19.6. The lowest BCUT2D eigenvalue weighted by molar-refractivity contribution is 0.0931. The largest absolute Gasteiger partial charge is 0.497 e. The summed E-state index contributed by atoms with van der Waals surface area (Å²) in [7, 11) is -2.40. The summed E-state index contributed by atoms with van der Waals surface area (Å²) in [4.78, 5) is 13.0. The van der Waals surface area contributed by atoms with E-state index in [1.54, 1.807) is 25.3 Å². The number of ether oxygens (including phenoxy) is 1. The third-order valence-electron chi connectivity index (χ3n) is 5.28. The number of hydrogen-bond acceptors (Lipinski definition) is 4. The molecule has 180 valence electrons. The Morgan fingerprint density at radius 2 is 1.74 bits per heavy atom. The molecule has 2 N–H and O–H groups in total. The van der Waals surface area contributed by atoms with Gasteiger partial charge < -0.3 is 10.1 Å². The monoisotopic (exact) mass is 500 g/mol. The highest BCUT2D eigenvalue weighted by atomic mass is 35.5. The zero-order valence-corrected chi connectivity index (χ0v) is 21.2. The van der Waals surface area contributed by atoms with Gasteiger partial charge in [0.15, 0.2) is 0 Å². The standard InChI is InChI=1S/C26H29ClN2O4S/c1-17(2)14-24(19-8-11-22(33-4)12-9-19)28-26(30)20-10-13-23(27)25(16-20)34(31,32)29-21-7-5-6-18(3)15-21/h5-13,15-17,24,29H,14H2,1-4H3,(H,28,30)/t24-/m0/s1. The lowest BCUT2D eigenvalue weighted by Gasteiger charge is -2.22. The van der Waals surface area contributed by atoms with E-state index in [0.29, 0.717) is 18.0 Å². The van der Waals surface area contributed by atoms with Crippen molar-refractivity contribution in [3.63, 3.8) is 0 Å². The van der Waals surface area contributed by atoms with Crippen LogP contribution in [0.1, 0.15) is 47.8 Å². The van der Waals surface area contributed by atoms with Gasteiger partial charge >= 0.3 is 0 Å². The first kappa shape index (κ1) is 25.6. The van der Waals surface area contributed by atoms with Crippen LogP contribution in [-0.2, 0) is 10.0 Å². The minimum absolute atomic E-state index is 0.0330. The molecule has 0 radical (unpaired) electrons. The Morgan fingerprint density at radius 3 is 2.35 bits per heavy atom. The van der Waals surface area contributed by atoms with Gasteiger partial charge in [-0.3, -0.25) is 9.52 Å². The highest BCUT2D eigenvalue weighted by Crippen LogP contribution is 2.27. The molecule has 6 nitrogen and oxygen atoms in total. The van der Waals surface area contributed by atoms with E-state index in [1.165, 1.54) is 18.2 Å². The van der Waals surface area contributed by atoms with E-state index >= 15 is 0 Å². The van der Waals surface area contributed by atoms with Crippen molar-refractivity contribution in [2.24, 2.45) is 5.92 Å². The number of halogens is 1. The Morgan fingerprint density at radius 1 is 1.03 bits per heavy atom. The van der Waals surface area contributed by atoms with Crippen molar-refractivity contribution in [3.05, 3.63) is 88.4 Å². The van der Waals surface area contributed by atoms with Crippen LogP contribution in [0.3, 0.4) is 0 Å². The second-order valence-corrected chi connectivity index (χ2v) is 10.6. The molecule has 0 unspecified atom stereocenters. The molecular formula is C26H29ClN2O4S. The van der Waals surface area contributed by atoms with Crippen molar-refractivity contribution in [2.75, 3.05) is 11.8 Å². The van der Waals surface area contributed by atoms with Crippen LogP contribution in [0.25, 0.3) is 0 Å². The maximum absolute atomic E-state index is 13.1. The third-order valence-corrected chi connectivity index (χ3v) is 7.15. The molecule has 3 aromatic carbocycles. The number of carbonyl (C=O) groups is 1. The molecule has 0 aliphatic heterocycles. The molecule has 0 saturated heterocycles. The summed E-state index contributed by atoms with van der Waals surface area (Å²) in [5, 5.41) is 3.07. The summed E-state index contributed by atoms with van der Waals surface area (Å²) in [5.74, 6) is 0.671. The molecule has 3 aromatic rings. The first-order valence-electron chi connectivity index (χ1n) is 10.9.